The number of aldehydes is 1. The van der Waals surface area contributed by atoms with Gasteiger partial charge in [0.2, 0.25) is 11.8 Å². The number of unbranched alkanes of at least 4 members (excludes halogenated alkanes) is 2. The standard InChI is InChI=1S/C19H29N3O3/c1-15(14-23)12-19(25)22(2)11-5-3-4-6-18(24)21-17-9-7-16(13-20)8-10-17/h7-10,14-15H,3-6,11-13,20H2,1-2H3,(H,21,24). The lowest BCUT2D eigenvalue weighted by atomic mass is 10.1. The Morgan fingerprint density at radius 2 is 1.88 bits per heavy atom. The van der Waals surface area contributed by atoms with Crippen LogP contribution in [0.5, 0.6) is 0 Å². The summed E-state index contributed by atoms with van der Waals surface area (Å²) in [6, 6.07) is 7.49. The van der Waals surface area contributed by atoms with Gasteiger partial charge in [-0.1, -0.05) is 25.5 Å². The molecule has 6 heteroatoms. The number of anilines is 1. The highest BCUT2D eigenvalue weighted by molar-refractivity contribution is 5.90. The molecule has 1 atom stereocenters. The van der Waals surface area contributed by atoms with E-state index in [0.29, 0.717) is 19.5 Å². The highest BCUT2D eigenvalue weighted by Gasteiger charge is 2.12. The Labute approximate surface area is 149 Å². The van der Waals surface area contributed by atoms with E-state index in [4.69, 9.17) is 5.73 Å². The van der Waals surface area contributed by atoms with Crippen LogP contribution in [0.1, 0.15) is 44.6 Å². The maximum absolute atomic E-state index is 11.9. The van der Waals surface area contributed by atoms with Gasteiger partial charge in [0.15, 0.2) is 0 Å². The first-order chi connectivity index (χ1) is 12.0. The largest absolute Gasteiger partial charge is 0.346 e. The zero-order valence-corrected chi connectivity index (χ0v) is 15.2. The van der Waals surface area contributed by atoms with E-state index >= 15 is 0 Å². The Kier molecular flexibility index (Phi) is 9.47. The predicted octanol–water partition coefficient (Wildman–Crippen LogP) is 2.33. The van der Waals surface area contributed by atoms with E-state index in [-0.39, 0.29) is 24.2 Å². The SMILES string of the molecule is CC(C=O)CC(=O)N(C)CCCCCC(=O)Nc1ccc(CN)cc1. The minimum absolute atomic E-state index is 0.00950. The first-order valence-corrected chi connectivity index (χ1v) is 8.74. The molecule has 3 N–H and O–H groups in total. The van der Waals surface area contributed by atoms with E-state index in [9.17, 15) is 14.4 Å². The number of carbonyl (C=O) groups is 3. The number of hydrogen-bond acceptors (Lipinski definition) is 4. The first kappa shape index (κ1) is 20.8. The Morgan fingerprint density at radius 1 is 1.20 bits per heavy atom. The van der Waals surface area contributed by atoms with Gasteiger partial charge in [-0.15, -0.1) is 0 Å². The van der Waals surface area contributed by atoms with Crippen LogP contribution in [-0.2, 0) is 20.9 Å². The Hall–Kier alpha value is -2.21. The molecule has 0 heterocycles. The molecule has 138 valence electrons. The topological polar surface area (TPSA) is 92.5 Å². The highest BCUT2D eigenvalue weighted by Crippen LogP contribution is 2.11. The lowest BCUT2D eigenvalue weighted by Crippen LogP contribution is -2.29. The van der Waals surface area contributed by atoms with Crippen molar-refractivity contribution in [2.45, 2.75) is 45.6 Å². The summed E-state index contributed by atoms with van der Waals surface area (Å²) in [4.78, 5) is 35.9. The van der Waals surface area contributed by atoms with Crippen molar-refractivity contribution < 1.29 is 14.4 Å². The van der Waals surface area contributed by atoms with Gasteiger partial charge in [0, 0.05) is 44.6 Å². The lowest BCUT2D eigenvalue weighted by Gasteiger charge is -2.17. The Balaban J connectivity index is 2.16. The minimum Gasteiger partial charge on any atom is -0.346 e. The van der Waals surface area contributed by atoms with Gasteiger partial charge in [0.25, 0.3) is 0 Å². The second kappa shape index (κ2) is 11.4. The maximum atomic E-state index is 11.9. The third kappa shape index (κ3) is 8.44. The van der Waals surface area contributed by atoms with Gasteiger partial charge in [0.05, 0.1) is 0 Å². The van der Waals surface area contributed by atoms with E-state index in [1.54, 1.807) is 18.9 Å². The van der Waals surface area contributed by atoms with Gasteiger partial charge in [0.1, 0.15) is 6.29 Å². The Morgan fingerprint density at radius 3 is 2.48 bits per heavy atom. The molecule has 1 aromatic rings. The number of carbonyl (C=O) groups excluding carboxylic acids is 3. The number of hydrogen-bond donors (Lipinski definition) is 2. The second-order valence-electron chi connectivity index (χ2n) is 6.39. The molecule has 0 aliphatic carbocycles. The van der Waals surface area contributed by atoms with E-state index in [1.165, 1.54) is 0 Å². The molecule has 6 nitrogen and oxygen atoms in total. The Bertz CT molecular complexity index is 558. The molecule has 0 saturated heterocycles. The van der Waals surface area contributed by atoms with Crippen molar-refractivity contribution in [3.05, 3.63) is 29.8 Å². The van der Waals surface area contributed by atoms with Crippen LogP contribution in [0, 0.1) is 5.92 Å². The van der Waals surface area contributed by atoms with Crippen molar-refractivity contribution in [1.29, 1.82) is 0 Å². The quantitative estimate of drug-likeness (QED) is 0.475. The highest BCUT2D eigenvalue weighted by atomic mass is 16.2. The molecule has 25 heavy (non-hydrogen) atoms. The number of nitrogens with two attached hydrogens (primary N) is 1. The maximum Gasteiger partial charge on any atom is 0.224 e. The van der Waals surface area contributed by atoms with Crippen LogP contribution < -0.4 is 11.1 Å². The van der Waals surface area contributed by atoms with Crippen LogP contribution in [0.25, 0.3) is 0 Å². The second-order valence-corrected chi connectivity index (χ2v) is 6.39. The average Bonchev–Trinajstić information content (AvgIpc) is 2.61. The van der Waals surface area contributed by atoms with Gasteiger partial charge in [-0.05, 0) is 30.5 Å². The molecule has 2 amide bonds. The normalized spacial score (nSPS) is 11.6. The van der Waals surface area contributed by atoms with Gasteiger partial charge in [-0.3, -0.25) is 9.59 Å². The smallest absolute Gasteiger partial charge is 0.224 e. The summed E-state index contributed by atoms with van der Waals surface area (Å²) in [7, 11) is 1.75. The summed E-state index contributed by atoms with van der Waals surface area (Å²) >= 11 is 0. The number of benzene rings is 1. The van der Waals surface area contributed by atoms with E-state index in [1.807, 2.05) is 24.3 Å². The molecule has 1 rings (SSSR count). The van der Waals surface area contributed by atoms with Crippen LogP contribution in [0.15, 0.2) is 24.3 Å². The molecule has 1 unspecified atom stereocenters. The summed E-state index contributed by atoms with van der Waals surface area (Å²) in [6.07, 6.45) is 4.01. The summed E-state index contributed by atoms with van der Waals surface area (Å²) < 4.78 is 0. The molecule has 0 fully saturated rings. The fourth-order valence-electron chi connectivity index (χ4n) is 2.36. The van der Waals surface area contributed by atoms with Crippen molar-refractivity contribution in [1.82, 2.24) is 4.90 Å². The van der Waals surface area contributed by atoms with Crippen LogP contribution in [0.2, 0.25) is 0 Å². The zero-order chi connectivity index (χ0) is 18.7. The third-order valence-corrected chi connectivity index (χ3v) is 4.03. The van der Waals surface area contributed by atoms with Crippen molar-refractivity contribution >= 4 is 23.8 Å². The molecular formula is C19H29N3O3. The van der Waals surface area contributed by atoms with Crippen LogP contribution in [-0.4, -0.2) is 36.6 Å². The lowest BCUT2D eigenvalue weighted by molar-refractivity contribution is -0.132. The molecule has 0 aliphatic rings. The van der Waals surface area contributed by atoms with E-state index < -0.39 is 0 Å². The zero-order valence-electron chi connectivity index (χ0n) is 15.2. The molecule has 0 spiro atoms. The van der Waals surface area contributed by atoms with Crippen LogP contribution >= 0.6 is 0 Å². The van der Waals surface area contributed by atoms with Crippen LogP contribution in [0.3, 0.4) is 0 Å². The van der Waals surface area contributed by atoms with E-state index in [2.05, 4.69) is 5.32 Å². The average molecular weight is 347 g/mol. The molecule has 0 aromatic heterocycles. The molecular weight excluding hydrogens is 318 g/mol. The van der Waals surface area contributed by atoms with Crippen molar-refractivity contribution in [2.24, 2.45) is 11.7 Å². The third-order valence-electron chi connectivity index (χ3n) is 4.03. The fraction of sp³-hybridized carbons (Fsp3) is 0.526. The summed E-state index contributed by atoms with van der Waals surface area (Å²) in [5, 5.41) is 2.86. The van der Waals surface area contributed by atoms with Gasteiger partial charge in [-0.2, -0.15) is 0 Å². The molecule has 0 radical (unpaired) electrons. The number of rotatable bonds is 11. The number of nitrogens with one attached hydrogen (secondary N) is 1. The van der Waals surface area contributed by atoms with Gasteiger partial charge in [-0.25, -0.2) is 0 Å². The van der Waals surface area contributed by atoms with E-state index in [0.717, 1.165) is 36.8 Å². The molecule has 0 bridgehead atoms. The van der Waals surface area contributed by atoms with Crippen molar-refractivity contribution in [3.8, 4) is 0 Å². The predicted molar refractivity (Wildman–Crippen MR) is 98.9 cm³/mol. The fourth-order valence-corrected chi connectivity index (χ4v) is 2.36. The van der Waals surface area contributed by atoms with Crippen molar-refractivity contribution in [3.63, 3.8) is 0 Å². The molecule has 0 aliphatic heterocycles. The summed E-state index contributed by atoms with van der Waals surface area (Å²) in [6.45, 7) is 2.87. The van der Waals surface area contributed by atoms with Crippen molar-refractivity contribution in [2.75, 3.05) is 18.9 Å². The summed E-state index contributed by atoms with van der Waals surface area (Å²) in [5.74, 6) is -0.263. The minimum atomic E-state index is -0.238. The van der Waals surface area contributed by atoms with Gasteiger partial charge < -0.3 is 20.7 Å². The number of amides is 2. The molecule has 1 aromatic carbocycles. The number of nitrogens with zero attached hydrogens (tertiary/aromatic N) is 1. The van der Waals surface area contributed by atoms with Crippen LogP contribution in [0.4, 0.5) is 5.69 Å². The summed E-state index contributed by atoms with van der Waals surface area (Å²) in [5.41, 5.74) is 7.34. The van der Waals surface area contributed by atoms with Gasteiger partial charge >= 0.3 is 0 Å². The monoisotopic (exact) mass is 347 g/mol. The molecule has 0 saturated carbocycles. The first-order valence-electron chi connectivity index (χ1n) is 8.74.